The highest BCUT2D eigenvalue weighted by atomic mass is 35.5. The molecule has 4 rings (SSSR count). The lowest BCUT2D eigenvalue weighted by Crippen LogP contribution is -2.17. The molecule has 0 radical (unpaired) electrons. The Kier molecular flexibility index (Phi) is 8.10. The topological polar surface area (TPSA) is 77.0 Å². The first-order valence-corrected chi connectivity index (χ1v) is 12.4. The molecule has 2 aromatic carbocycles. The number of fused-ring (bicyclic) bond motifs is 1. The summed E-state index contributed by atoms with van der Waals surface area (Å²) in [5, 5.41) is 12.9. The van der Waals surface area contributed by atoms with Crippen molar-refractivity contribution in [1.29, 1.82) is 0 Å². The van der Waals surface area contributed by atoms with Crippen molar-refractivity contribution < 1.29 is 13.9 Å². The van der Waals surface area contributed by atoms with Crippen molar-refractivity contribution >= 4 is 39.8 Å². The second-order valence-electron chi connectivity index (χ2n) is 8.83. The number of carbonyl (C=O) groups excluding carboxylic acids is 1. The van der Waals surface area contributed by atoms with Gasteiger partial charge in [0.1, 0.15) is 11.6 Å². The van der Waals surface area contributed by atoms with Crippen molar-refractivity contribution in [2.45, 2.75) is 46.5 Å². The zero-order valence-electron chi connectivity index (χ0n) is 20.5. The minimum atomic E-state index is -0.431. The molecule has 0 aliphatic heterocycles. The van der Waals surface area contributed by atoms with Gasteiger partial charge in [0.2, 0.25) is 0 Å². The minimum Gasteiger partial charge on any atom is -0.426 e. The van der Waals surface area contributed by atoms with Gasteiger partial charge in [-0.05, 0) is 55.8 Å². The van der Waals surface area contributed by atoms with E-state index in [2.05, 4.69) is 27.4 Å². The number of ether oxygens (including phenoxy) is 1. The van der Waals surface area contributed by atoms with Crippen LogP contribution in [0.5, 0.6) is 5.75 Å². The maximum absolute atomic E-state index is 14.4. The van der Waals surface area contributed by atoms with Gasteiger partial charge in [-0.3, -0.25) is 9.78 Å². The number of benzene rings is 2. The summed E-state index contributed by atoms with van der Waals surface area (Å²) in [7, 11) is 0. The maximum atomic E-state index is 14.4. The SMILES string of the molecule is CCCCCC(C)C(=O)Oc1ccc2c(Nc3cc(-c4cc(Cl)ccc4F)nnc3C)ccnc2c1. The molecule has 6 nitrogen and oxygen atoms in total. The molecule has 0 aliphatic carbocycles. The molecule has 1 atom stereocenters. The molecule has 36 heavy (non-hydrogen) atoms. The first-order chi connectivity index (χ1) is 17.4. The lowest BCUT2D eigenvalue weighted by molar-refractivity contribution is -0.138. The number of aryl methyl sites for hydroxylation is 1. The van der Waals surface area contributed by atoms with Crippen LogP contribution in [0, 0.1) is 18.7 Å². The molecule has 0 fully saturated rings. The van der Waals surface area contributed by atoms with Crippen LogP contribution in [0.4, 0.5) is 15.8 Å². The molecule has 0 aliphatic rings. The van der Waals surface area contributed by atoms with E-state index in [0.717, 1.165) is 36.8 Å². The summed E-state index contributed by atoms with van der Waals surface area (Å²) in [5.41, 5.74) is 3.40. The van der Waals surface area contributed by atoms with Crippen LogP contribution in [-0.2, 0) is 4.79 Å². The molecule has 0 saturated heterocycles. The van der Waals surface area contributed by atoms with Gasteiger partial charge in [-0.15, -0.1) is 0 Å². The van der Waals surface area contributed by atoms with Gasteiger partial charge in [-0.25, -0.2) is 4.39 Å². The predicted molar refractivity (Wildman–Crippen MR) is 141 cm³/mol. The molecule has 8 heteroatoms. The van der Waals surface area contributed by atoms with Crippen molar-refractivity contribution in [3.63, 3.8) is 0 Å². The van der Waals surface area contributed by atoms with Crippen LogP contribution in [0.1, 0.15) is 45.2 Å². The molecule has 0 amide bonds. The molecule has 0 saturated carbocycles. The number of carbonyl (C=O) groups is 1. The van der Waals surface area contributed by atoms with Gasteiger partial charge >= 0.3 is 5.97 Å². The molecule has 186 valence electrons. The van der Waals surface area contributed by atoms with E-state index in [-0.39, 0.29) is 17.5 Å². The largest absolute Gasteiger partial charge is 0.426 e. The van der Waals surface area contributed by atoms with E-state index in [4.69, 9.17) is 16.3 Å². The molecule has 4 aromatic rings. The molecule has 1 unspecified atom stereocenters. The number of pyridine rings is 1. The van der Waals surface area contributed by atoms with Crippen LogP contribution in [0.25, 0.3) is 22.2 Å². The van der Waals surface area contributed by atoms with Gasteiger partial charge in [0.05, 0.1) is 28.5 Å². The van der Waals surface area contributed by atoms with Gasteiger partial charge in [0.25, 0.3) is 0 Å². The fraction of sp³-hybridized carbons (Fsp3) is 0.286. The van der Waals surface area contributed by atoms with Gasteiger partial charge in [0.15, 0.2) is 0 Å². The number of nitrogens with one attached hydrogen (secondary N) is 1. The number of esters is 1. The lowest BCUT2D eigenvalue weighted by Gasteiger charge is -2.14. The van der Waals surface area contributed by atoms with Gasteiger partial charge in [-0.2, -0.15) is 10.2 Å². The van der Waals surface area contributed by atoms with Crippen molar-refractivity contribution in [2.75, 3.05) is 5.32 Å². The van der Waals surface area contributed by atoms with Crippen LogP contribution in [0.2, 0.25) is 5.02 Å². The summed E-state index contributed by atoms with van der Waals surface area (Å²) in [6.07, 6.45) is 5.71. The molecule has 1 N–H and O–H groups in total. The molecule has 2 aromatic heterocycles. The summed E-state index contributed by atoms with van der Waals surface area (Å²) < 4.78 is 20.0. The second-order valence-corrected chi connectivity index (χ2v) is 9.27. The van der Waals surface area contributed by atoms with Crippen LogP contribution in [0.15, 0.2) is 54.7 Å². The summed E-state index contributed by atoms with van der Waals surface area (Å²) in [6, 6.07) is 13.3. The first-order valence-electron chi connectivity index (χ1n) is 12.0. The summed E-state index contributed by atoms with van der Waals surface area (Å²) in [4.78, 5) is 16.9. The first kappa shape index (κ1) is 25.5. The third kappa shape index (κ3) is 5.97. The Morgan fingerprint density at radius 3 is 2.72 bits per heavy atom. The van der Waals surface area contributed by atoms with Crippen molar-refractivity contribution in [3.8, 4) is 17.0 Å². The third-order valence-corrected chi connectivity index (χ3v) is 6.26. The Balaban J connectivity index is 1.57. The van der Waals surface area contributed by atoms with Gasteiger partial charge < -0.3 is 10.1 Å². The molecule has 2 heterocycles. The normalized spacial score (nSPS) is 11.9. The van der Waals surface area contributed by atoms with Gasteiger partial charge in [0, 0.05) is 33.9 Å². The summed E-state index contributed by atoms with van der Waals surface area (Å²) in [6.45, 7) is 5.85. The van der Waals surface area contributed by atoms with Crippen LogP contribution >= 0.6 is 11.6 Å². The molecule has 0 spiro atoms. The smallest absolute Gasteiger partial charge is 0.314 e. The van der Waals surface area contributed by atoms with E-state index >= 15 is 0 Å². The van der Waals surface area contributed by atoms with Crippen molar-refractivity contribution in [2.24, 2.45) is 5.92 Å². The number of rotatable bonds is 9. The van der Waals surface area contributed by atoms with E-state index in [1.807, 2.05) is 26.0 Å². The zero-order valence-corrected chi connectivity index (χ0v) is 21.3. The highest BCUT2D eigenvalue weighted by Crippen LogP contribution is 2.31. The Morgan fingerprint density at radius 1 is 1.08 bits per heavy atom. The lowest BCUT2D eigenvalue weighted by atomic mass is 10.0. The van der Waals surface area contributed by atoms with Crippen molar-refractivity contribution in [1.82, 2.24) is 15.2 Å². The fourth-order valence-corrected chi connectivity index (χ4v) is 4.06. The number of aromatic nitrogens is 3. The average Bonchev–Trinajstić information content (AvgIpc) is 2.87. The molecular weight excluding hydrogens is 479 g/mol. The monoisotopic (exact) mass is 506 g/mol. The van der Waals surface area contributed by atoms with E-state index in [1.54, 1.807) is 24.4 Å². The standard InChI is InChI=1S/C28H28ClFN4O2/c1-4-5-6-7-17(2)28(35)36-20-9-10-21-24(12-13-31-26(21)15-20)32-25-16-27(34-33-18(25)3)22-14-19(29)8-11-23(22)30/h8-17H,4-7H2,1-3H3,(H,31,32,34). The average molecular weight is 507 g/mol. The highest BCUT2D eigenvalue weighted by Gasteiger charge is 2.16. The Hall–Kier alpha value is -3.58. The van der Waals surface area contributed by atoms with Gasteiger partial charge in [-0.1, -0.05) is 44.7 Å². The zero-order chi connectivity index (χ0) is 25.7. The highest BCUT2D eigenvalue weighted by molar-refractivity contribution is 6.30. The summed E-state index contributed by atoms with van der Waals surface area (Å²) >= 11 is 6.05. The summed E-state index contributed by atoms with van der Waals surface area (Å²) in [5.74, 6) is -0.368. The number of anilines is 2. The fourth-order valence-electron chi connectivity index (χ4n) is 3.89. The third-order valence-electron chi connectivity index (χ3n) is 6.03. The second kappa shape index (κ2) is 11.4. The van der Waals surface area contributed by atoms with Crippen LogP contribution in [0.3, 0.4) is 0 Å². The predicted octanol–water partition coefficient (Wildman–Crippen LogP) is 7.66. The maximum Gasteiger partial charge on any atom is 0.314 e. The Morgan fingerprint density at radius 2 is 1.92 bits per heavy atom. The van der Waals surface area contributed by atoms with Crippen molar-refractivity contribution in [3.05, 3.63) is 71.3 Å². The molecule has 0 bridgehead atoms. The molecular formula is C28H28ClFN4O2. The van der Waals surface area contributed by atoms with E-state index < -0.39 is 5.82 Å². The number of hydrogen-bond acceptors (Lipinski definition) is 6. The quantitative estimate of drug-likeness (QED) is 0.143. The van der Waals surface area contributed by atoms with Crippen LogP contribution in [-0.4, -0.2) is 21.2 Å². The Labute approximate surface area is 214 Å². The Bertz CT molecular complexity index is 1400. The van der Waals surface area contributed by atoms with E-state index in [9.17, 15) is 9.18 Å². The number of halogens is 2. The van der Waals surface area contributed by atoms with E-state index in [0.29, 0.717) is 33.4 Å². The number of hydrogen-bond donors (Lipinski definition) is 1. The van der Waals surface area contributed by atoms with E-state index in [1.165, 1.54) is 18.2 Å². The number of unbranched alkanes of at least 4 members (excludes halogenated alkanes) is 2. The van der Waals surface area contributed by atoms with Crippen LogP contribution < -0.4 is 10.1 Å². The minimum absolute atomic E-state index is 0.158. The number of nitrogens with zero attached hydrogens (tertiary/aromatic N) is 3.